The molecule has 0 radical (unpaired) electrons. The van der Waals surface area contributed by atoms with Gasteiger partial charge in [0.25, 0.3) is 0 Å². The first kappa shape index (κ1) is 26.6. The lowest BCUT2D eigenvalue weighted by molar-refractivity contribution is 0.302. The molecule has 2 aliphatic carbocycles. The maximum atomic E-state index is 2.57. The van der Waals surface area contributed by atoms with Crippen LogP contribution in [0.25, 0.3) is 5.57 Å². The van der Waals surface area contributed by atoms with Gasteiger partial charge in [-0.05, 0) is 79.4 Å². The summed E-state index contributed by atoms with van der Waals surface area (Å²) < 4.78 is 0. The van der Waals surface area contributed by atoms with Crippen molar-refractivity contribution in [2.75, 3.05) is 0 Å². The second-order valence-corrected chi connectivity index (χ2v) is 11.5. The van der Waals surface area contributed by atoms with Crippen LogP contribution >= 0.6 is 0 Å². The van der Waals surface area contributed by atoms with Gasteiger partial charge in [0.15, 0.2) is 0 Å². The van der Waals surface area contributed by atoms with Crippen molar-refractivity contribution >= 4 is 5.57 Å². The van der Waals surface area contributed by atoms with Crippen LogP contribution in [-0.2, 0) is 0 Å². The van der Waals surface area contributed by atoms with E-state index >= 15 is 0 Å². The van der Waals surface area contributed by atoms with Crippen LogP contribution in [0.4, 0.5) is 0 Å². The fourth-order valence-electron chi connectivity index (χ4n) is 6.42. The number of rotatable bonds is 15. The van der Waals surface area contributed by atoms with Crippen molar-refractivity contribution in [1.29, 1.82) is 0 Å². The second kappa shape index (κ2) is 15.8. The summed E-state index contributed by atoms with van der Waals surface area (Å²) in [5.74, 6) is 2.77. The van der Waals surface area contributed by atoms with Gasteiger partial charge in [-0.3, -0.25) is 0 Å². The minimum atomic E-state index is 0.817. The summed E-state index contributed by atoms with van der Waals surface area (Å²) in [6.07, 6.45) is 31.1. The molecule has 33 heavy (non-hydrogen) atoms. The third-order valence-electron chi connectivity index (χ3n) is 8.80. The molecule has 0 bridgehead atoms. The van der Waals surface area contributed by atoms with Crippen molar-refractivity contribution in [2.45, 2.75) is 148 Å². The van der Waals surface area contributed by atoms with E-state index in [4.69, 9.17) is 0 Å². The van der Waals surface area contributed by atoms with Crippen LogP contribution in [-0.4, -0.2) is 0 Å². The summed E-state index contributed by atoms with van der Waals surface area (Å²) in [7, 11) is 0. The molecule has 1 aromatic carbocycles. The fourth-order valence-corrected chi connectivity index (χ4v) is 6.42. The van der Waals surface area contributed by atoms with Crippen LogP contribution in [0.15, 0.2) is 30.3 Å². The van der Waals surface area contributed by atoms with Gasteiger partial charge in [0.2, 0.25) is 0 Å². The first-order valence-corrected chi connectivity index (χ1v) is 15.1. The molecular weight excluding hydrogens is 396 g/mol. The van der Waals surface area contributed by atoms with Gasteiger partial charge in [-0.15, -0.1) is 0 Å². The molecular formula is C33H54. The molecule has 1 unspecified atom stereocenters. The lowest BCUT2D eigenvalue weighted by Crippen LogP contribution is -2.13. The Balaban J connectivity index is 1.33. The first-order valence-electron chi connectivity index (χ1n) is 15.1. The molecule has 186 valence electrons. The van der Waals surface area contributed by atoms with E-state index in [9.17, 15) is 0 Å². The Bertz CT molecular complexity index is 643. The van der Waals surface area contributed by atoms with Gasteiger partial charge in [0.05, 0.1) is 0 Å². The molecule has 1 aromatic rings. The average Bonchev–Trinajstić information content (AvgIpc) is 2.87. The standard InChI is InChI=1S/C33H54/c1-3-5-7-9-10-11-13-15-29-18-22-31(23-19-29)33-26-24-32(25-27-33)30-20-16-28(17-21-30)14-12-8-6-4-2/h20,24-29,31H,3-19,21-23H2,1-2H3. The topological polar surface area (TPSA) is 0 Å². The maximum Gasteiger partial charge on any atom is -0.0162 e. The molecule has 0 spiro atoms. The molecule has 0 saturated heterocycles. The van der Waals surface area contributed by atoms with Crippen molar-refractivity contribution in [3.63, 3.8) is 0 Å². The van der Waals surface area contributed by atoms with Gasteiger partial charge in [-0.25, -0.2) is 0 Å². The van der Waals surface area contributed by atoms with E-state index < -0.39 is 0 Å². The summed E-state index contributed by atoms with van der Waals surface area (Å²) in [5, 5.41) is 0. The number of hydrogen-bond donors (Lipinski definition) is 0. The van der Waals surface area contributed by atoms with Gasteiger partial charge in [-0.1, -0.05) is 128 Å². The minimum Gasteiger partial charge on any atom is -0.0804 e. The predicted octanol–water partition coefficient (Wildman–Crippen LogP) is 11.3. The summed E-state index contributed by atoms with van der Waals surface area (Å²) in [6, 6.07) is 9.81. The Morgan fingerprint density at radius 2 is 1.18 bits per heavy atom. The van der Waals surface area contributed by atoms with Gasteiger partial charge < -0.3 is 0 Å². The van der Waals surface area contributed by atoms with E-state index in [1.165, 1.54) is 134 Å². The van der Waals surface area contributed by atoms with E-state index in [0.29, 0.717) is 0 Å². The highest BCUT2D eigenvalue weighted by Crippen LogP contribution is 2.39. The van der Waals surface area contributed by atoms with Gasteiger partial charge >= 0.3 is 0 Å². The van der Waals surface area contributed by atoms with Crippen molar-refractivity contribution in [1.82, 2.24) is 0 Å². The molecule has 2 aliphatic rings. The highest BCUT2D eigenvalue weighted by molar-refractivity contribution is 5.66. The van der Waals surface area contributed by atoms with Crippen molar-refractivity contribution < 1.29 is 0 Å². The molecule has 0 heterocycles. The van der Waals surface area contributed by atoms with Gasteiger partial charge in [0.1, 0.15) is 0 Å². The fraction of sp³-hybridized carbons (Fsp3) is 0.758. The summed E-state index contributed by atoms with van der Waals surface area (Å²) in [6.45, 7) is 4.62. The van der Waals surface area contributed by atoms with Crippen molar-refractivity contribution in [2.24, 2.45) is 11.8 Å². The van der Waals surface area contributed by atoms with E-state index in [2.05, 4.69) is 44.2 Å². The highest BCUT2D eigenvalue weighted by atomic mass is 14.3. The molecule has 1 saturated carbocycles. The molecule has 0 heteroatoms. The largest absolute Gasteiger partial charge is 0.0804 e. The minimum absolute atomic E-state index is 0.817. The Kier molecular flexibility index (Phi) is 12.7. The quantitative estimate of drug-likeness (QED) is 0.233. The zero-order chi connectivity index (χ0) is 23.1. The summed E-state index contributed by atoms with van der Waals surface area (Å²) in [5.41, 5.74) is 4.72. The number of benzene rings is 1. The van der Waals surface area contributed by atoms with E-state index in [1.807, 2.05) is 0 Å². The molecule has 1 fully saturated rings. The molecule has 0 aliphatic heterocycles. The van der Waals surface area contributed by atoms with Crippen LogP contribution < -0.4 is 0 Å². The zero-order valence-electron chi connectivity index (χ0n) is 22.3. The zero-order valence-corrected chi connectivity index (χ0v) is 22.3. The molecule has 0 N–H and O–H groups in total. The predicted molar refractivity (Wildman–Crippen MR) is 148 cm³/mol. The number of hydrogen-bond acceptors (Lipinski definition) is 0. The molecule has 0 nitrogen and oxygen atoms in total. The number of unbranched alkanes of at least 4 members (excludes halogenated alkanes) is 9. The number of allylic oxidation sites excluding steroid dienone is 2. The van der Waals surface area contributed by atoms with Crippen LogP contribution in [0.5, 0.6) is 0 Å². The van der Waals surface area contributed by atoms with E-state index in [-0.39, 0.29) is 0 Å². The van der Waals surface area contributed by atoms with Gasteiger partial charge in [0, 0.05) is 0 Å². The smallest absolute Gasteiger partial charge is 0.0162 e. The molecule has 0 amide bonds. The SMILES string of the molecule is CCCCCCCCCC1CCC(c2ccc(C3=CCC(CCCCCC)CC3)cc2)CC1. The van der Waals surface area contributed by atoms with E-state index in [1.54, 1.807) is 11.1 Å². The Morgan fingerprint density at radius 3 is 1.79 bits per heavy atom. The Labute approximate surface area is 207 Å². The maximum absolute atomic E-state index is 2.57. The van der Waals surface area contributed by atoms with Crippen LogP contribution in [0.2, 0.25) is 0 Å². The monoisotopic (exact) mass is 450 g/mol. The summed E-state index contributed by atoms with van der Waals surface area (Å²) >= 11 is 0. The third kappa shape index (κ3) is 9.62. The highest BCUT2D eigenvalue weighted by Gasteiger charge is 2.22. The second-order valence-electron chi connectivity index (χ2n) is 11.5. The van der Waals surface area contributed by atoms with E-state index in [0.717, 1.165) is 17.8 Å². The van der Waals surface area contributed by atoms with Crippen molar-refractivity contribution in [3.05, 3.63) is 41.5 Å². The Hall–Kier alpha value is -1.04. The molecule has 1 atom stereocenters. The first-order chi connectivity index (χ1) is 16.3. The van der Waals surface area contributed by atoms with Crippen LogP contribution in [0, 0.1) is 11.8 Å². The lowest BCUT2D eigenvalue weighted by atomic mass is 9.76. The summed E-state index contributed by atoms with van der Waals surface area (Å²) in [4.78, 5) is 0. The third-order valence-corrected chi connectivity index (χ3v) is 8.80. The van der Waals surface area contributed by atoms with Crippen LogP contribution in [0.1, 0.15) is 159 Å². The molecule has 3 rings (SSSR count). The average molecular weight is 451 g/mol. The lowest BCUT2D eigenvalue weighted by Gasteiger charge is -2.29. The normalized spacial score (nSPS) is 23.5. The van der Waals surface area contributed by atoms with Crippen LogP contribution in [0.3, 0.4) is 0 Å². The molecule has 0 aromatic heterocycles. The van der Waals surface area contributed by atoms with Gasteiger partial charge in [-0.2, -0.15) is 0 Å². The Morgan fingerprint density at radius 1 is 0.606 bits per heavy atom. The van der Waals surface area contributed by atoms with Crippen molar-refractivity contribution in [3.8, 4) is 0 Å².